The van der Waals surface area contributed by atoms with E-state index in [2.05, 4.69) is 5.32 Å². The summed E-state index contributed by atoms with van der Waals surface area (Å²) >= 11 is 5.66. The maximum Gasteiger partial charge on any atom is 0.228 e. The molecule has 1 N–H and O–H groups in total. The molecule has 16 heavy (non-hydrogen) atoms. The fourth-order valence-corrected chi connectivity index (χ4v) is 1.77. The Bertz CT molecular complexity index is 460. The molecule has 1 aromatic rings. The SMILES string of the molecule is CC1(C)CC(=O)Nc2ccc(Cl)c(F)c2O1. The molecule has 0 saturated carbocycles. The minimum absolute atomic E-state index is 0.00310. The Balaban J connectivity index is 2.55. The lowest BCUT2D eigenvalue weighted by Gasteiger charge is -2.23. The molecule has 0 aliphatic carbocycles. The van der Waals surface area contributed by atoms with Gasteiger partial charge in [-0.2, -0.15) is 0 Å². The van der Waals surface area contributed by atoms with Gasteiger partial charge in [-0.05, 0) is 26.0 Å². The Morgan fingerprint density at radius 3 is 2.88 bits per heavy atom. The van der Waals surface area contributed by atoms with Crippen LogP contribution in [0.4, 0.5) is 10.1 Å². The summed E-state index contributed by atoms with van der Waals surface area (Å²) in [6, 6.07) is 2.91. The highest BCUT2D eigenvalue weighted by Gasteiger charge is 2.31. The molecule has 3 nitrogen and oxygen atoms in total. The molecule has 1 aliphatic heterocycles. The van der Waals surface area contributed by atoms with Crippen LogP contribution in [-0.2, 0) is 4.79 Å². The predicted octanol–water partition coefficient (Wildman–Crippen LogP) is 2.98. The third-order valence-corrected chi connectivity index (χ3v) is 2.58. The van der Waals surface area contributed by atoms with Crippen molar-refractivity contribution in [2.24, 2.45) is 0 Å². The van der Waals surface area contributed by atoms with Crippen LogP contribution >= 0.6 is 11.6 Å². The first-order valence-electron chi connectivity index (χ1n) is 4.86. The van der Waals surface area contributed by atoms with Gasteiger partial charge in [0.05, 0.1) is 17.1 Å². The van der Waals surface area contributed by atoms with Gasteiger partial charge >= 0.3 is 0 Å². The number of hydrogen-bond donors (Lipinski definition) is 1. The van der Waals surface area contributed by atoms with Crippen LogP contribution in [-0.4, -0.2) is 11.5 Å². The van der Waals surface area contributed by atoms with Crippen LogP contribution in [0.3, 0.4) is 0 Å². The topological polar surface area (TPSA) is 38.3 Å². The summed E-state index contributed by atoms with van der Waals surface area (Å²) in [5.74, 6) is -0.844. The molecule has 2 rings (SSSR count). The number of anilines is 1. The number of fused-ring (bicyclic) bond motifs is 1. The molecule has 0 atom stereocenters. The van der Waals surface area contributed by atoms with Gasteiger partial charge in [0.2, 0.25) is 5.91 Å². The number of nitrogens with one attached hydrogen (secondary N) is 1. The van der Waals surface area contributed by atoms with Gasteiger partial charge < -0.3 is 10.1 Å². The van der Waals surface area contributed by atoms with E-state index in [-0.39, 0.29) is 23.1 Å². The van der Waals surface area contributed by atoms with Gasteiger partial charge in [-0.15, -0.1) is 0 Å². The van der Waals surface area contributed by atoms with Crippen molar-refractivity contribution in [3.8, 4) is 5.75 Å². The van der Waals surface area contributed by atoms with Crippen molar-refractivity contribution in [3.63, 3.8) is 0 Å². The average molecular weight is 244 g/mol. The highest BCUT2D eigenvalue weighted by atomic mass is 35.5. The second kappa shape index (κ2) is 3.63. The molecule has 0 saturated heterocycles. The van der Waals surface area contributed by atoms with Crippen LogP contribution in [0.15, 0.2) is 12.1 Å². The lowest BCUT2D eigenvalue weighted by Crippen LogP contribution is -2.31. The number of halogens is 2. The number of hydrogen-bond acceptors (Lipinski definition) is 2. The van der Waals surface area contributed by atoms with Gasteiger partial charge in [-0.1, -0.05) is 11.6 Å². The third kappa shape index (κ3) is 1.97. The molecule has 1 aromatic carbocycles. The number of ether oxygens (including phenoxy) is 1. The van der Waals surface area contributed by atoms with Crippen molar-refractivity contribution in [3.05, 3.63) is 23.0 Å². The molecular formula is C11H11ClFNO2. The second-order valence-electron chi connectivity index (χ2n) is 4.32. The standard InChI is InChI=1S/C11H11ClFNO2/c1-11(2)5-8(15)14-7-4-3-6(12)9(13)10(7)16-11/h3-4H,5H2,1-2H3,(H,14,15). The smallest absolute Gasteiger partial charge is 0.228 e. The Hall–Kier alpha value is -1.29. The number of benzene rings is 1. The van der Waals surface area contributed by atoms with Crippen LogP contribution < -0.4 is 10.1 Å². The van der Waals surface area contributed by atoms with Crippen LogP contribution in [0.5, 0.6) is 5.75 Å². The van der Waals surface area contributed by atoms with E-state index in [9.17, 15) is 9.18 Å². The monoisotopic (exact) mass is 243 g/mol. The molecule has 0 aromatic heterocycles. The summed E-state index contributed by atoms with van der Waals surface area (Å²) < 4.78 is 19.2. The van der Waals surface area contributed by atoms with Crippen LogP contribution in [0.1, 0.15) is 20.3 Å². The molecule has 0 unspecified atom stereocenters. The lowest BCUT2D eigenvalue weighted by atomic mass is 10.1. The zero-order valence-electron chi connectivity index (χ0n) is 8.93. The van der Waals surface area contributed by atoms with Gasteiger partial charge in [-0.25, -0.2) is 4.39 Å². The molecule has 0 spiro atoms. The van der Waals surface area contributed by atoms with Gasteiger partial charge in [0.1, 0.15) is 5.60 Å². The van der Waals surface area contributed by atoms with E-state index in [1.54, 1.807) is 13.8 Å². The predicted molar refractivity (Wildman–Crippen MR) is 59.4 cm³/mol. The first-order chi connectivity index (χ1) is 7.39. The van der Waals surface area contributed by atoms with Crippen molar-refractivity contribution < 1.29 is 13.9 Å². The third-order valence-electron chi connectivity index (χ3n) is 2.29. The summed E-state index contributed by atoms with van der Waals surface area (Å²) in [4.78, 5) is 11.5. The van der Waals surface area contributed by atoms with Crippen molar-refractivity contribution in [1.29, 1.82) is 0 Å². The van der Waals surface area contributed by atoms with Crippen molar-refractivity contribution in [2.45, 2.75) is 25.9 Å². The Kier molecular flexibility index (Phi) is 2.54. The van der Waals surface area contributed by atoms with Crippen LogP contribution in [0, 0.1) is 5.82 Å². The number of carbonyl (C=O) groups excluding carboxylic acids is 1. The minimum Gasteiger partial charge on any atom is -0.482 e. The summed E-state index contributed by atoms with van der Waals surface area (Å²) in [5, 5.41) is 2.56. The molecule has 0 bridgehead atoms. The largest absolute Gasteiger partial charge is 0.482 e. The molecule has 0 fully saturated rings. The maximum atomic E-state index is 13.7. The molecule has 1 amide bonds. The molecular weight excluding hydrogens is 233 g/mol. The first-order valence-corrected chi connectivity index (χ1v) is 5.24. The number of carbonyl (C=O) groups is 1. The molecule has 1 heterocycles. The molecule has 5 heteroatoms. The van der Waals surface area contributed by atoms with Crippen molar-refractivity contribution >= 4 is 23.2 Å². The lowest BCUT2D eigenvalue weighted by molar-refractivity contribution is -0.118. The van der Waals surface area contributed by atoms with Crippen LogP contribution in [0.2, 0.25) is 5.02 Å². The summed E-state index contributed by atoms with van der Waals surface area (Å²) in [6.07, 6.45) is 0.165. The van der Waals surface area contributed by atoms with E-state index in [0.717, 1.165) is 0 Å². The molecule has 86 valence electrons. The minimum atomic E-state index is -0.749. The highest BCUT2D eigenvalue weighted by Crippen LogP contribution is 2.38. The Morgan fingerprint density at radius 1 is 1.50 bits per heavy atom. The fraction of sp³-hybridized carbons (Fsp3) is 0.364. The van der Waals surface area contributed by atoms with E-state index >= 15 is 0 Å². The van der Waals surface area contributed by atoms with Gasteiger partial charge in [-0.3, -0.25) is 4.79 Å². The first kappa shape index (κ1) is 11.2. The van der Waals surface area contributed by atoms with Gasteiger partial charge in [0, 0.05) is 0 Å². The summed E-state index contributed by atoms with van der Waals surface area (Å²) in [6.45, 7) is 3.45. The van der Waals surface area contributed by atoms with Crippen molar-refractivity contribution in [1.82, 2.24) is 0 Å². The normalized spacial score (nSPS) is 18.1. The van der Waals surface area contributed by atoms with E-state index in [4.69, 9.17) is 16.3 Å². The molecule has 0 radical (unpaired) electrons. The quantitative estimate of drug-likeness (QED) is 0.761. The number of rotatable bonds is 0. The van der Waals surface area contributed by atoms with Gasteiger partial charge in [0.25, 0.3) is 0 Å². The Morgan fingerprint density at radius 2 is 2.19 bits per heavy atom. The second-order valence-corrected chi connectivity index (χ2v) is 4.73. The number of amides is 1. The average Bonchev–Trinajstić information content (AvgIpc) is 2.27. The zero-order chi connectivity index (χ0) is 11.9. The van der Waals surface area contributed by atoms with Gasteiger partial charge in [0.15, 0.2) is 11.6 Å². The van der Waals surface area contributed by atoms with Crippen molar-refractivity contribution in [2.75, 3.05) is 5.32 Å². The van der Waals surface area contributed by atoms with E-state index in [0.29, 0.717) is 5.69 Å². The van der Waals surface area contributed by atoms with E-state index in [1.165, 1.54) is 12.1 Å². The van der Waals surface area contributed by atoms with Crippen LogP contribution in [0.25, 0.3) is 0 Å². The molecule has 1 aliphatic rings. The maximum absolute atomic E-state index is 13.7. The Labute approximate surface area is 97.5 Å². The summed E-state index contributed by atoms with van der Waals surface area (Å²) in [7, 11) is 0. The van der Waals surface area contributed by atoms with E-state index in [1.807, 2.05) is 0 Å². The zero-order valence-corrected chi connectivity index (χ0v) is 9.69. The van der Waals surface area contributed by atoms with E-state index < -0.39 is 11.4 Å². The fourth-order valence-electron chi connectivity index (χ4n) is 1.62. The summed E-state index contributed by atoms with van der Waals surface area (Å²) in [5.41, 5.74) is -0.432. The highest BCUT2D eigenvalue weighted by molar-refractivity contribution is 6.31.